The van der Waals surface area contributed by atoms with Crippen LogP contribution in [0.25, 0.3) is 22.3 Å². The maximum absolute atomic E-state index is 14.1. The van der Waals surface area contributed by atoms with Crippen LogP contribution in [-0.4, -0.2) is 46.3 Å². The number of amides is 1. The van der Waals surface area contributed by atoms with Gasteiger partial charge in [0.1, 0.15) is 0 Å². The number of carbonyl (C=O) groups is 1. The summed E-state index contributed by atoms with van der Waals surface area (Å²) in [6, 6.07) is 17.7. The van der Waals surface area contributed by atoms with Gasteiger partial charge in [-0.05, 0) is 43.5 Å². The summed E-state index contributed by atoms with van der Waals surface area (Å²) in [5.41, 5.74) is 4.93. The van der Waals surface area contributed by atoms with Crippen molar-refractivity contribution in [2.45, 2.75) is 25.8 Å². The number of ether oxygens (including phenoxy) is 2. The maximum Gasteiger partial charge on any atom is 0.255 e. The Hall–Kier alpha value is -3.87. The fourth-order valence-electron chi connectivity index (χ4n) is 4.94. The molecule has 3 heterocycles. The molecule has 7 heteroatoms. The van der Waals surface area contributed by atoms with E-state index in [2.05, 4.69) is 5.10 Å². The predicted molar refractivity (Wildman–Crippen MR) is 131 cm³/mol. The van der Waals surface area contributed by atoms with Crippen LogP contribution in [0.3, 0.4) is 0 Å². The normalized spacial score (nSPS) is 15.6. The van der Waals surface area contributed by atoms with Crippen molar-refractivity contribution in [3.63, 3.8) is 0 Å². The van der Waals surface area contributed by atoms with Gasteiger partial charge in [-0.1, -0.05) is 36.4 Å². The number of aryl methyl sites for hydroxylation is 2. The molecule has 1 aliphatic rings. The molecule has 2 aromatic carbocycles. The van der Waals surface area contributed by atoms with E-state index in [0.717, 1.165) is 40.7 Å². The monoisotopic (exact) mass is 456 g/mol. The Morgan fingerprint density at radius 3 is 2.53 bits per heavy atom. The Kier molecular flexibility index (Phi) is 5.69. The molecular weight excluding hydrogens is 428 g/mol. The summed E-state index contributed by atoms with van der Waals surface area (Å²) in [5.74, 6) is 1.34. The van der Waals surface area contributed by atoms with Gasteiger partial charge < -0.3 is 14.4 Å². The minimum absolute atomic E-state index is 0.00188. The molecule has 0 aliphatic carbocycles. The number of benzene rings is 2. The van der Waals surface area contributed by atoms with Crippen LogP contribution >= 0.6 is 0 Å². The van der Waals surface area contributed by atoms with E-state index < -0.39 is 0 Å². The van der Waals surface area contributed by atoms with E-state index in [9.17, 15) is 4.79 Å². The summed E-state index contributed by atoms with van der Waals surface area (Å²) in [4.78, 5) is 20.9. The van der Waals surface area contributed by atoms with Gasteiger partial charge in [0.15, 0.2) is 17.1 Å². The molecule has 2 aromatic heterocycles. The lowest BCUT2D eigenvalue weighted by molar-refractivity contribution is 0.0737. The lowest BCUT2D eigenvalue weighted by Gasteiger charge is -2.26. The molecule has 7 nitrogen and oxygen atoms in total. The van der Waals surface area contributed by atoms with Crippen LogP contribution < -0.4 is 9.47 Å². The van der Waals surface area contributed by atoms with E-state index in [1.165, 1.54) is 0 Å². The van der Waals surface area contributed by atoms with Crippen LogP contribution in [0.1, 0.15) is 40.5 Å². The quantitative estimate of drug-likeness (QED) is 0.426. The van der Waals surface area contributed by atoms with Gasteiger partial charge in [0.2, 0.25) is 0 Å². The molecule has 4 aromatic rings. The average molecular weight is 457 g/mol. The number of rotatable bonds is 5. The van der Waals surface area contributed by atoms with Crippen molar-refractivity contribution in [3.8, 4) is 22.8 Å². The molecule has 1 saturated heterocycles. The highest BCUT2D eigenvalue weighted by atomic mass is 16.5. The highest BCUT2D eigenvalue weighted by Gasteiger charge is 2.33. The third kappa shape index (κ3) is 3.67. The maximum atomic E-state index is 14.1. The smallest absolute Gasteiger partial charge is 0.255 e. The lowest BCUT2D eigenvalue weighted by Crippen LogP contribution is -2.31. The second-order valence-corrected chi connectivity index (χ2v) is 8.60. The average Bonchev–Trinajstić information content (AvgIpc) is 3.47. The van der Waals surface area contributed by atoms with Crippen molar-refractivity contribution in [1.82, 2.24) is 19.7 Å². The third-order valence-corrected chi connectivity index (χ3v) is 6.57. The molecule has 1 unspecified atom stereocenters. The molecule has 0 spiro atoms. The second kappa shape index (κ2) is 8.82. The van der Waals surface area contributed by atoms with Crippen molar-refractivity contribution in [2.75, 3.05) is 20.8 Å². The van der Waals surface area contributed by atoms with Crippen LogP contribution in [0, 0.1) is 6.92 Å². The number of aromatic nitrogens is 3. The first kappa shape index (κ1) is 21.9. The van der Waals surface area contributed by atoms with Crippen molar-refractivity contribution in [2.24, 2.45) is 7.05 Å². The summed E-state index contributed by atoms with van der Waals surface area (Å²) in [7, 11) is 5.12. The number of nitrogens with zero attached hydrogens (tertiary/aromatic N) is 4. The zero-order chi connectivity index (χ0) is 23.8. The summed E-state index contributed by atoms with van der Waals surface area (Å²) < 4.78 is 12.7. The number of hydrogen-bond donors (Lipinski definition) is 0. The molecule has 0 bridgehead atoms. The number of fused-ring (bicyclic) bond motifs is 1. The van der Waals surface area contributed by atoms with Crippen molar-refractivity contribution in [1.29, 1.82) is 0 Å². The van der Waals surface area contributed by atoms with Crippen molar-refractivity contribution in [3.05, 3.63) is 71.4 Å². The lowest BCUT2D eigenvalue weighted by atomic mass is 10.0. The van der Waals surface area contributed by atoms with Gasteiger partial charge >= 0.3 is 0 Å². The van der Waals surface area contributed by atoms with Gasteiger partial charge in [-0.15, -0.1) is 0 Å². The number of methoxy groups -OCH3 is 2. The van der Waals surface area contributed by atoms with Gasteiger partial charge in [0, 0.05) is 19.2 Å². The topological polar surface area (TPSA) is 69.5 Å². The number of carbonyl (C=O) groups excluding carboxylic acids is 1. The van der Waals surface area contributed by atoms with E-state index in [1.807, 2.05) is 73.5 Å². The molecule has 0 saturated carbocycles. The van der Waals surface area contributed by atoms with Gasteiger partial charge in [-0.25, -0.2) is 4.98 Å². The van der Waals surface area contributed by atoms with Crippen LogP contribution in [0.4, 0.5) is 0 Å². The highest BCUT2D eigenvalue weighted by molar-refractivity contribution is 6.07. The van der Waals surface area contributed by atoms with Gasteiger partial charge in [0.05, 0.1) is 42.6 Å². The fraction of sp³-hybridized carbons (Fsp3) is 0.296. The first-order valence-corrected chi connectivity index (χ1v) is 11.4. The summed E-state index contributed by atoms with van der Waals surface area (Å²) in [6.45, 7) is 2.63. The Morgan fingerprint density at radius 2 is 1.79 bits per heavy atom. The summed E-state index contributed by atoms with van der Waals surface area (Å²) in [5, 5.41) is 5.38. The molecule has 174 valence electrons. The van der Waals surface area contributed by atoms with Gasteiger partial charge in [0.25, 0.3) is 5.91 Å². The highest BCUT2D eigenvalue weighted by Crippen LogP contribution is 2.38. The Balaban J connectivity index is 1.60. The van der Waals surface area contributed by atoms with Crippen molar-refractivity contribution >= 4 is 16.9 Å². The van der Waals surface area contributed by atoms with E-state index in [-0.39, 0.29) is 11.9 Å². The van der Waals surface area contributed by atoms with Gasteiger partial charge in [-0.3, -0.25) is 9.48 Å². The first-order valence-electron chi connectivity index (χ1n) is 11.4. The zero-order valence-corrected chi connectivity index (χ0v) is 19.9. The summed E-state index contributed by atoms with van der Waals surface area (Å²) in [6.07, 6.45) is 1.84. The largest absolute Gasteiger partial charge is 0.493 e. The number of pyridine rings is 1. The van der Waals surface area contributed by atoms with Crippen LogP contribution in [-0.2, 0) is 7.05 Å². The Bertz CT molecular complexity index is 1360. The number of likely N-dealkylation sites (tertiary alicyclic amines) is 1. The molecule has 0 N–H and O–H groups in total. The molecule has 0 radical (unpaired) electrons. The van der Waals surface area contributed by atoms with Crippen LogP contribution in [0.15, 0.2) is 54.6 Å². The Morgan fingerprint density at radius 1 is 1.03 bits per heavy atom. The SMILES string of the molecule is COc1ccc(C2CCCN2C(=O)c2cc(-c3ccccc3)nc3c2c(C)nn3C)cc1OC. The standard InChI is InChI=1S/C27H28N4O3/c1-17-25-20(16-21(18-9-6-5-7-10-18)28-26(25)30(2)29-17)27(32)31-14-8-11-22(31)19-12-13-23(33-3)24(15-19)34-4/h5-7,9-10,12-13,15-16,22H,8,11,14H2,1-4H3. The number of hydrogen-bond acceptors (Lipinski definition) is 5. The Labute approximate surface area is 198 Å². The van der Waals surface area contributed by atoms with Crippen LogP contribution in [0.2, 0.25) is 0 Å². The van der Waals surface area contributed by atoms with Crippen molar-refractivity contribution < 1.29 is 14.3 Å². The minimum atomic E-state index is -0.0346. The van der Waals surface area contributed by atoms with Gasteiger partial charge in [-0.2, -0.15) is 5.10 Å². The molecule has 1 atom stereocenters. The van der Waals surface area contributed by atoms with E-state index >= 15 is 0 Å². The zero-order valence-electron chi connectivity index (χ0n) is 19.9. The second-order valence-electron chi connectivity index (χ2n) is 8.60. The van der Waals surface area contributed by atoms with E-state index in [1.54, 1.807) is 18.9 Å². The first-order chi connectivity index (χ1) is 16.5. The third-order valence-electron chi connectivity index (χ3n) is 6.57. The molecule has 1 amide bonds. The van der Waals surface area contributed by atoms with E-state index in [4.69, 9.17) is 14.5 Å². The fourth-order valence-corrected chi connectivity index (χ4v) is 4.94. The summed E-state index contributed by atoms with van der Waals surface area (Å²) >= 11 is 0. The molecule has 5 rings (SSSR count). The molecule has 1 fully saturated rings. The molecule has 1 aliphatic heterocycles. The molecule has 34 heavy (non-hydrogen) atoms. The minimum Gasteiger partial charge on any atom is -0.493 e. The van der Waals surface area contributed by atoms with Crippen LogP contribution in [0.5, 0.6) is 11.5 Å². The predicted octanol–water partition coefficient (Wildman–Crippen LogP) is 4.94. The molecular formula is C27H28N4O3. The van der Waals surface area contributed by atoms with E-state index in [0.29, 0.717) is 29.3 Å².